The van der Waals surface area contributed by atoms with Gasteiger partial charge < -0.3 is 4.52 Å². The van der Waals surface area contributed by atoms with Crippen molar-refractivity contribution in [1.29, 1.82) is 0 Å². The van der Waals surface area contributed by atoms with E-state index in [0.29, 0.717) is 10.8 Å². The van der Waals surface area contributed by atoms with Gasteiger partial charge in [0.2, 0.25) is 0 Å². The van der Waals surface area contributed by atoms with Crippen molar-refractivity contribution in [2.75, 3.05) is 26.2 Å². The monoisotopic (exact) mass is 516 g/mol. The topological polar surface area (TPSA) is 32.3 Å². The molecule has 36 heavy (non-hydrogen) atoms. The molecule has 6 aliphatic rings. The Bertz CT molecular complexity index is 894. The minimum atomic E-state index is -2.72. The SMILES string of the molecule is CC(C)CCC[C@@H](C)[C@H]1CC[C@H]2[C@@H]3CC=C4C[C@@H](OP(=O)(N5CC5)N5CC5)CC[C@]4(C)[C@H]3CC[C@]12C. The summed E-state index contributed by atoms with van der Waals surface area (Å²) < 4.78 is 24.3. The van der Waals surface area contributed by atoms with E-state index in [4.69, 9.17) is 4.52 Å². The van der Waals surface area contributed by atoms with Gasteiger partial charge in [0.05, 0.1) is 6.10 Å². The van der Waals surface area contributed by atoms with Crippen LogP contribution in [0.2, 0.25) is 0 Å². The fraction of sp³-hybridized carbons (Fsp3) is 0.935. The van der Waals surface area contributed by atoms with Crippen molar-refractivity contribution >= 4 is 7.67 Å². The first-order valence-corrected chi connectivity index (χ1v) is 17.2. The van der Waals surface area contributed by atoms with Gasteiger partial charge >= 0.3 is 7.67 Å². The molecule has 5 heteroatoms. The number of rotatable bonds is 9. The van der Waals surface area contributed by atoms with Gasteiger partial charge in [0.1, 0.15) is 0 Å². The molecule has 6 rings (SSSR count). The summed E-state index contributed by atoms with van der Waals surface area (Å²) >= 11 is 0. The molecule has 2 saturated heterocycles. The number of hydrogen-bond donors (Lipinski definition) is 0. The van der Waals surface area contributed by atoms with Crippen LogP contribution in [-0.2, 0) is 9.09 Å². The average molecular weight is 517 g/mol. The third-order valence-corrected chi connectivity index (χ3v) is 14.9. The molecule has 0 unspecified atom stereocenters. The second-order valence-corrected chi connectivity index (χ2v) is 17.0. The third kappa shape index (κ3) is 4.43. The zero-order valence-electron chi connectivity index (χ0n) is 23.9. The first-order valence-electron chi connectivity index (χ1n) is 15.6. The van der Waals surface area contributed by atoms with Gasteiger partial charge in [-0.2, -0.15) is 0 Å². The van der Waals surface area contributed by atoms with Crippen molar-refractivity contribution in [1.82, 2.24) is 9.34 Å². The molecule has 4 nitrogen and oxygen atoms in total. The third-order valence-electron chi connectivity index (χ3n) is 12.1. The van der Waals surface area contributed by atoms with E-state index in [9.17, 15) is 4.57 Å². The number of fused-ring (bicyclic) bond motifs is 5. The lowest BCUT2D eigenvalue weighted by Crippen LogP contribution is -2.51. The molecule has 5 fully saturated rings. The minimum absolute atomic E-state index is 0.143. The molecule has 204 valence electrons. The fourth-order valence-electron chi connectivity index (χ4n) is 9.84. The summed E-state index contributed by atoms with van der Waals surface area (Å²) in [5, 5.41) is 0. The summed E-state index contributed by atoms with van der Waals surface area (Å²) in [4.78, 5) is 0. The average Bonchev–Trinajstić information content (AvgIpc) is 3.73. The zero-order valence-corrected chi connectivity index (χ0v) is 24.8. The van der Waals surface area contributed by atoms with Crippen LogP contribution in [0, 0.1) is 46.3 Å². The van der Waals surface area contributed by atoms with E-state index in [2.05, 4.69) is 50.0 Å². The van der Waals surface area contributed by atoms with Crippen molar-refractivity contribution in [3.05, 3.63) is 11.6 Å². The molecule has 8 atom stereocenters. The normalized spacial score (nSPS) is 43.5. The van der Waals surface area contributed by atoms with Gasteiger partial charge in [-0.05, 0) is 97.7 Å². The van der Waals surface area contributed by atoms with E-state index in [1.165, 1.54) is 57.8 Å². The Kier molecular flexibility index (Phi) is 6.88. The Hall–Kier alpha value is -0.150. The van der Waals surface area contributed by atoms with E-state index in [1.54, 1.807) is 5.57 Å². The Morgan fingerprint density at radius 3 is 2.36 bits per heavy atom. The molecule has 2 aliphatic heterocycles. The molecule has 4 aliphatic carbocycles. The van der Waals surface area contributed by atoms with Gasteiger partial charge in [-0.3, -0.25) is 4.57 Å². The second-order valence-electron chi connectivity index (χ2n) is 14.7. The van der Waals surface area contributed by atoms with Crippen LogP contribution in [0.4, 0.5) is 0 Å². The van der Waals surface area contributed by atoms with Crippen LogP contribution in [0.1, 0.15) is 105 Å². The van der Waals surface area contributed by atoms with Gasteiger partial charge in [0.15, 0.2) is 0 Å². The maximum atomic E-state index is 13.6. The molecule has 0 bridgehead atoms. The van der Waals surface area contributed by atoms with Gasteiger partial charge in [-0.15, -0.1) is 0 Å². The van der Waals surface area contributed by atoms with Crippen molar-refractivity contribution in [2.45, 2.75) is 111 Å². The number of hydrogen-bond acceptors (Lipinski definition) is 2. The smallest absolute Gasteiger partial charge is 0.302 e. The summed E-state index contributed by atoms with van der Waals surface area (Å²) in [5.74, 6) is 5.30. The number of nitrogens with zero attached hydrogens (tertiary/aromatic N) is 2. The maximum Gasteiger partial charge on any atom is 0.346 e. The van der Waals surface area contributed by atoms with Crippen LogP contribution in [0.25, 0.3) is 0 Å². The second kappa shape index (κ2) is 9.50. The van der Waals surface area contributed by atoms with Crippen LogP contribution in [-0.4, -0.2) is 41.6 Å². The molecular formula is C31H53N2O2P. The van der Waals surface area contributed by atoms with Crippen molar-refractivity contribution in [3.63, 3.8) is 0 Å². The van der Waals surface area contributed by atoms with Crippen molar-refractivity contribution in [2.24, 2.45) is 46.3 Å². The largest absolute Gasteiger partial charge is 0.346 e. The highest BCUT2D eigenvalue weighted by Gasteiger charge is 2.59. The molecule has 0 radical (unpaired) electrons. The molecule has 0 aromatic heterocycles. The molecule has 0 N–H and O–H groups in total. The summed E-state index contributed by atoms with van der Waals surface area (Å²) in [6.45, 7) is 16.4. The van der Waals surface area contributed by atoms with E-state index in [1.807, 2.05) is 0 Å². The van der Waals surface area contributed by atoms with Gasteiger partial charge in [0.25, 0.3) is 0 Å². The van der Waals surface area contributed by atoms with Crippen molar-refractivity contribution in [3.8, 4) is 0 Å². The first-order chi connectivity index (χ1) is 17.1. The van der Waals surface area contributed by atoms with Gasteiger partial charge in [-0.25, -0.2) is 9.34 Å². The van der Waals surface area contributed by atoms with Crippen LogP contribution in [0.3, 0.4) is 0 Å². The van der Waals surface area contributed by atoms with Crippen LogP contribution in [0.5, 0.6) is 0 Å². The zero-order chi connectivity index (χ0) is 25.3. The summed E-state index contributed by atoms with van der Waals surface area (Å²) in [7, 11) is -2.72. The molecule has 0 amide bonds. The maximum absolute atomic E-state index is 13.6. The molecule has 0 aromatic rings. The highest BCUT2D eigenvalue weighted by Crippen LogP contribution is 2.68. The molecular weight excluding hydrogens is 463 g/mol. The van der Waals surface area contributed by atoms with Crippen LogP contribution in [0.15, 0.2) is 11.6 Å². The van der Waals surface area contributed by atoms with Gasteiger partial charge in [0, 0.05) is 26.2 Å². The molecule has 0 aromatic carbocycles. The predicted octanol–water partition coefficient (Wildman–Crippen LogP) is 8.15. The van der Waals surface area contributed by atoms with E-state index >= 15 is 0 Å². The Labute approximate surface area is 221 Å². The summed E-state index contributed by atoms with van der Waals surface area (Å²) in [5.41, 5.74) is 2.56. The van der Waals surface area contributed by atoms with E-state index < -0.39 is 7.67 Å². The molecule has 0 spiro atoms. The Morgan fingerprint density at radius 1 is 0.972 bits per heavy atom. The van der Waals surface area contributed by atoms with Crippen molar-refractivity contribution < 1.29 is 9.09 Å². The summed E-state index contributed by atoms with van der Waals surface area (Å²) in [6, 6.07) is 0. The van der Waals surface area contributed by atoms with Gasteiger partial charge in [-0.1, -0.05) is 65.5 Å². The highest BCUT2D eigenvalue weighted by molar-refractivity contribution is 7.54. The quantitative estimate of drug-likeness (QED) is 0.176. The Balaban J connectivity index is 1.14. The first kappa shape index (κ1) is 26.1. The van der Waals surface area contributed by atoms with Crippen LogP contribution >= 0.6 is 7.67 Å². The standard InChI is InChI=1S/C31H53N2O2P/c1-22(2)7-6-8-23(3)27-11-12-28-26-10-9-24-21-25(35-36(34,32-17-18-32)33-19-20-33)13-15-30(24,4)29(26)14-16-31(27,28)5/h9,22-23,25-29H,6-8,10-21H2,1-5H3/t23-,25+,26+,27-,28+,29+,30+,31-/m1/s1. The molecule has 3 saturated carbocycles. The predicted molar refractivity (Wildman–Crippen MR) is 149 cm³/mol. The summed E-state index contributed by atoms with van der Waals surface area (Å²) in [6.07, 6.45) is 17.5. The highest BCUT2D eigenvalue weighted by atomic mass is 31.2. The lowest BCUT2D eigenvalue weighted by molar-refractivity contribution is -0.0562. The lowest BCUT2D eigenvalue weighted by atomic mass is 9.47. The van der Waals surface area contributed by atoms with E-state index in [-0.39, 0.29) is 6.10 Å². The van der Waals surface area contributed by atoms with E-state index in [0.717, 1.165) is 74.5 Å². The molecule has 2 heterocycles. The lowest BCUT2D eigenvalue weighted by Gasteiger charge is -2.58. The minimum Gasteiger partial charge on any atom is -0.302 e. The number of allylic oxidation sites excluding steroid dienone is 1. The fourth-order valence-corrected chi connectivity index (χ4v) is 12.2. The Morgan fingerprint density at radius 2 is 1.69 bits per heavy atom. The van der Waals surface area contributed by atoms with Crippen LogP contribution < -0.4 is 0 Å².